The van der Waals surface area contributed by atoms with Crippen molar-refractivity contribution in [2.24, 2.45) is 0 Å². The molecule has 30 heavy (non-hydrogen) atoms. The van der Waals surface area contributed by atoms with E-state index in [9.17, 15) is 29.2 Å². The van der Waals surface area contributed by atoms with Crippen LogP contribution in [0.5, 0.6) is 0 Å². The molecular weight excluding hydrogens is 421 g/mol. The molecule has 13 heteroatoms. The van der Waals surface area contributed by atoms with E-state index in [0.29, 0.717) is 0 Å². The first-order valence-electron chi connectivity index (χ1n) is 8.94. The number of hydrogen-bond donors (Lipinski definition) is 4. The van der Waals surface area contributed by atoms with E-state index in [-0.39, 0.29) is 6.10 Å². The lowest BCUT2D eigenvalue weighted by atomic mass is 10.2. The van der Waals surface area contributed by atoms with Crippen molar-refractivity contribution in [3.05, 3.63) is 33.1 Å². The number of aromatic nitrogens is 2. The number of hydrogen-bond acceptors (Lipinski definition) is 9. The Morgan fingerprint density at radius 3 is 2.60 bits per heavy atom. The number of aliphatic hydroxyl groups excluding tert-OH is 2. The lowest BCUT2D eigenvalue weighted by Gasteiger charge is -2.26. The fourth-order valence-electron chi connectivity index (χ4n) is 2.13. The van der Waals surface area contributed by atoms with E-state index in [1.807, 2.05) is 10.9 Å². The number of rotatable bonds is 12. The number of terminal acetylenes is 1. The number of nitrogens with one attached hydrogen (secondary N) is 2. The summed E-state index contributed by atoms with van der Waals surface area (Å²) in [5.74, 6) is 1.39. The van der Waals surface area contributed by atoms with Gasteiger partial charge in [-0.15, -0.1) is 6.42 Å². The minimum atomic E-state index is -2.96. The van der Waals surface area contributed by atoms with Crippen molar-refractivity contribution in [2.75, 3.05) is 13.2 Å². The third-order valence-electron chi connectivity index (χ3n) is 3.59. The van der Waals surface area contributed by atoms with Gasteiger partial charge in [0.05, 0.1) is 19.3 Å². The van der Waals surface area contributed by atoms with Crippen LogP contribution in [0, 0.1) is 12.3 Å². The molecule has 0 aromatic carbocycles. The topological polar surface area (TPSA) is 169 Å². The molecule has 0 saturated heterocycles. The van der Waals surface area contributed by atoms with Gasteiger partial charge in [0.15, 0.2) is 6.23 Å². The molecule has 1 heterocycles. The fraction of sp³-hybridized carbons (Fsp3) is 0.588. The van der Waals surface area contributed by atoms with Crippen molar-refractivity contribution in [1.29, 1.82) is 0 Å². The molecule has 4 N–H and O–H groups in total. The van der Waals surface area contributed by atoms with E-state index in [1.54, 1.807) is 13.8 Å². The minimum Gasteiger partial charge on any atom is -0.462 e. The Morgan fingerprint density at radius 1 is 1.40 bits per heavy atom. The number of nitrogens with zero attached hydrogens (tertiary/aromatic N) is 1. The maximum Gasteiger partial charge on any atom is 0.330 e. The van der Waals surface area contributed by atoms with Crippen molar-refractivity contribution < 1.29 is 33.6 Å². The number of carbonyl (C=O) groups is 1. The molecule has 0 spiro atoms. The second kappa shape index (κ2) is 12.4. The Bertz CT molecular complexity index is 876. The van der Waals surface area contributed by atoms with Gasteiger partial charge < -0.3 is 24.2 Å². The molecular formula is C17H26N3O9P. The zero-order valence-electron chi connectivity index (χ0n) is 16.7. The molecule has 0 aliphatic carbocycles. The molecule has 12 nitrogen and oxygen atoms in total. The highest BCUT2D eigenvalue weighted by atomic mass is 31.1. The average molecular weight is 447 g/mol. The highest BCUT2D eigenvalue weighted by Crippen LogP contribution is 2.21. The quantitative estimate of drug-likeness (QED) is 0.172. The highest BCUT2D eigenvalue weighted by Gasteiger charge is 2.26. The Morgan fingerprint density at radius 2 is 2.07 bits per heavy atom. The lowest BCUT2D eigenvalue weighted by Crippen LogP contribution is -2.40. The maximum atomic E-state index is 12.1. The Balaban J connectivity index is 2.79. The predicted octanol–water partition coefficient (Wildman–Crippen LogP) is -1.26. The largest absolute Gasteiger partial charge is 0.462 e. The molecule has 0 aliphatic rings. The molecule has 0 fully saturated rings. The standard InChI is InChI=1S/C17H26N3O9P/c1-5-12(22)13(9-27-30(26)19-11(4)16(24)28-10(2)3)29-15(8-21)20-7-6-14(23)18-17(20)25/h1,6-7,10-13,15,21-22,30H,8-9H2,2-4H3,(H,19,26)(H,18,23,25)/t11-,12-,13+,15+/m0/s1. The van der Waals surface area contributed by atoms with Gasteiger partial charge in [-0.2, -0.15) is 0 Å². The van der Waals surface area contributed by atoms with Gasteiger partial charge in [-0.3, -0.25) is 23.7 Å². The van der Waals surface area contributed by atoms with Crippen LogP contribution in [0.25, 0.3) is 0 Å². The van der Waals surface area contributed by atoms with E-state index >= 15 is 0 Å². The Kier molecular flexibility index (Phi) is 10.7. The molecule has 1 aromatic heterocycles. The number of esters is 1. The zero-order chi connectivity index (χ0) is 22.8. The molecule has 1 aromatic rings. The predicted molar refractivity (Wildman–Crippen MR) is 106 cm³/mol. The summed E-state index contributed by atoms with van der Waals surface area (Å²) in [6.45, 7) is 3.57. The summed E-state index contributed by atoms with van der Waals surface area (Å²) in [6, 6.07) is 0.122. The van der Waals surface area contributed by atoms with Crippen LogP contribution in [-0.2, 0) is 23.4 Å². The summed E-state index contributed by atoms with van der Waals surface area (Å²) in [5, 5.41) is 21.9. The summed E-state index contributed by atoms with van der Waals surface area (Å²) >= 11 is 0. The van der Waals surface area contributed by atoms with Crippen molar-refractivity contribution >= 4 is 14.1 Å². The number of aromatic amines is 1. The van der Waals surface area contributed by atoms with Gasteiger partial charge in [-0.1, -0.05) is 5.92 Å². The second-order valence-electron chi connectivity index (χ2n) is 6.39. The van der Waals surface area contributed by atoms with E-state index in [2.05, 4.69) is 5.09 Å². The van der Waals surface area contributed by atoms with E-state index in [1.165, 1.54) is 6.92 Å². The summed E-state index contributed by atoms with van der Waals surface area (Å²) < 4.78 is 28.5. The number of aliphatic hydroxyl groups is 2. The molecule has 1 rings (SSSR count). The van der Waals surface area contributed by atoms with Gasteiger partial charge in [0.2, 0.25) is 0 Å². The normalized spacial score (nSPS) is 16.3. The Hall–Kier alpha value is -2.26. The van der Waals surface area contributed by atoms with Gasteiger partial charge in [-0.05, 0) is 20.8 Å². The van der Waals surface area contributed by atoms with Crippen LogP contribution in [0.2, 0.25) is 0 Å². The number of H-pyrrole nitrogens is 1. The van der Waals surface area contributed by atoms with Gasteiger partial charge in [-0.25, -0.2) is 9.88 Å². The van der Waals surface area contributed by atoms with E-state index in [4.69, 9.17) is 20.4 Å². The van der Waals surface area contributed by atoms with Crippen LogP contribution >= 0.6 is 8.18 Å². The minimum absolute atomic E-state index is 0.347. The number of ether oxygens (including phenoxy) is 2. The van der Waals surface area contributed by atoms with Crippen LogP contribution in [-0.4, -0.2) is 63.3 Å². The molecule has 5 atom stereocenters. The molecule has 0 radical (unpaired) electrons. The first-order chi connectivity index (χ1) is 14.1. The molecule has 0 amide bonds. The van der Waals surface area contributed by atoms with Crippen LogP contribution in [0.15, 0.2) is 21.9 Å². The zero-order valence-corrected chi connectivity index (χ0v) is 17.7. The molecule has 0 aliphatic heterocycles. The monoisotopic (exact) mass is 447 g/mol. The van der Waals surface area contributed by atoms with Crippen molar-refractivity contribution in [3.63, 3.8) is 0 Å². The van der Waals surface area contributed by atoms with Crippen LogP contribution in [0.4, 0.5) is 0 Å². The number of carbonyl (C=O) groups excluding carboxylic acids is 1. The summed E-state index contributed by atoms with van der Waals surface area (Å²) in [6.07, 6.45) is 1.79. The summed E-state index contributed by atoms with van der Waals surface area (Å²) in [7, 11) is -2.96. The van der Waals surface area contributed by atoms with Gasteiger partial charge in [0.1, 0.15) is 18.2 Å². The second-order valence-corrected chi connectivity index (χ2v) is 7.54. The molecule has 1 unspecified atom stereocenters. The van der Waals surface area contributed by atoms with Gasteiger partial charge in [0, 0.05) is 12.3 Å². The highest BCUT2D eigenvalue weighted by molar-refractivity contribution is 7.36. The third-order valence-corrected chi connectivity index (χ3v) is 4.69. The average Bonchev–Trinajstić information content (AvgIpc) is 2.67. The molecule has 0 bridgehead atoms. The first-order valence-corrected chi connectivity index (χ1v) is 10.3. The van der Waals surface area contributed by atoms with Crippen molar-refractivity contribution in [3.8, 4) is 12.3 Å². The molecule has 0 saturated carbocycles. The van der Waals surface area contributed by atoms with Crippen LogP contribution < -0.4 is 16.3 Å². The SMILES string of the molecule is C#C[C@H](O)[C@@H](CO[PH](=O)N[C@@H](C)C(=O)OC(C)C)O[C@H](CO)n1ccc(=O)[nH]c1=O. The maximum absolute atomic E-state index is 12.1. The van der Waals surface area contributed by atoms with Crippen molar-refractivity contribution in [2.45, 2.75) is 51.4 Å². The third kappa shape index (κ3) is 8.23. The van der Waals surface area contributed by atoms with E-state index < -0.39 is 63.1 Å². The van der Waals surface area contributed by atoms with E-state index in [0.717, 1.165) is 16.8 Å². The first kappa shape index (κ1) is 25.8. The smallest absolute Gasteiger partial charge is 0.330 e. The summed E-state index contributed by atoms with van der Waals surface area (Å²) in [4.78, 5) is 36.8. The van der Waals surface area contributed by atoms with Gasteiger partial charge >= 0.3 is 11.7 Å². The molecule has 168 valence electrons. The lowest BCUT2D eigenvalue weighted by molar-refractivity contribution is -0.149. The fourth-order valence-corrected chi connectivity index (χ4v) is 3.00. The van der Waals surface area contributed by atoms with Crippen molar-refractivity contribution in [1.82, 2.24) is 14.6 Å². The van der Waals surface area contributed by atoms with Crippen LogP contribution in [0.1, 0.15) is 27.0 Å². The Labute approximate surface area is 173 Å². The van der Waals surface area contributed by atoms with Crippen LogP contribution in [0.3, 0.4) is 0 Å². The van der Waals surface area contributed by atoms with Gasteiger partial charge in [0.25, 0.3) is 13.7 Å². The summed E-state index contributed by atoms with van der Waals surface area (Å²) in [5.41, 5.74) is -1.50.